The standard InChI is InChI=1S/C14H20N2O/c1-2-15-10-14(17)16-13-8-7-11-5-3-4-6-12(11)9-13/h3-6,13,15H,2,7-10H2,1H3,(H,16,17). The van der Waals surface area contributed by atoms with Gasteiger partial charge in [-0.3, -0.25) is 4.79 Å². The second-order valence-electron chi connectivity index (χ2n) is 4.56. The largest absolute Gasteiger partial charge is 0.352 e. The molecule has 0 aromatic heterocycles. The molecule has 0 radical (unpaired) electrons. The summed E-state index contributed by atoms with van der Waals surface area (Å²) in [6.45, 7) is 3.26. The summed E-state index contributed by atoms with van der Waals surface area (Å²) in [6, 6.07) is 8.81. The zero-order valence-electron chi connectivity index (χ0n) is 10.3. The molecule has 0 saturated heterocycles. The maximum absolute atomic E-state index is 11.6. The van der Waals surface area contributed by atoms with Crippen LogP contribution in [-0.2, 0) is 17.6 Å². The topological polar surface area (TPSA) is 41.1 Å². The minimum absolute atomic E-state index is 0.108. The van der Waals surface area contributed by atoms with Crippen molar-refractivity contribution in [3.63, 3.8) is 0 Å². The monoisotopic (exact) mass is 232 g/mol. The fraction of sp³-hybridized carbons (Fsp3) is 0.500. The highest BCUT2D eigenvalue weighted by Gasteiger charge is 2.19. The van der Waals surface area contributed by atoms with E-state index in [1.165, 1.54) is 11.1 Å². The second kappa shape index (κ2) is 5.82. The van der Waals surface area contributed by atoms with E-state index in [1.54, 1.807) is 0 Å². The Kier molecular flexibility index (Phi) is 4.15. The molecule has 3 heteroatoms. The number of carbonyl (C=O) groups is 1. The third-order valence-electron chi connectivity index (χ3n) is 3.25. The molecule has 1 atom stereocenters. The van der Waals surface area contributed by atoms with Crippen molar-refractivity contribution in [1.82, 2.24) is 10.6 Å². The van der Waals surface area contributed by atoms with Gasteiger partial charge < -0.3 is 10.6 Å². The van der Waals surface area contributed by atoms with Crippen molar-refractivity contribution in [2.45, 2.75) is 32.2 Å². The molecule has 2 N–H and O–H groups in total. The van der Waals surface area contributed by atoms with Crippen molar-refractivity contribution in [3.05, 3.63) is 35.4 Å². The zero-order valence-corrected chi connectivity index (χ0v) is 10.3. The summed E-state index contributed by atoms with van der Waals surface area (Å²) >= 11 is 0. The molecular formula is C14H20N2O. The molecule has 1 amide bonds. The molecule has 1 unspecified atom stereocenters. The summed E-state index contributed by atoms with van der Waals surface area (Å²) in [5.74, 6) is 0.108. The highest BCUT2D eigenvalue weighted by molar-refractivity contribution is 5.78. The van der Waals surface area contributed by atoms with Crippen molar-refractivity contribution in [1.29, 1.82) is 0 Å². The molecular weight excluding hydrogens is 212 g/mol. The minimum atomic E-state index is 0.108. The van der Waals surface area contributed by atoms with E-state index in [1.807, 2.05) is 6.92 Å². The summed E-state index contributed by atoms with van der Waals surface area (Å²) in [6.07, 6.45) is 3.09. The van der Waals surface area contributed by atoms with Crippen molar-refractivity contribution in [3.8, 4) is 0 Å². The van der Waals surface area contributed by atoms with Crippen LogP contribution < -0.4 is 10.6 Å². The fourth-order valence-electron chi connectivity index (χ4n) is 2.34. The van der Waals surface area contributed by atoms with Gasteiger partial charge in [0.2, 0.25) is 5.91 Å². The van der Waals surface area contributed by atoms with Crippen LogP contribution in [0.2, 0.25) is 0 Å². The maximum Gasteiger partial charge on any atom is 0.234 e. The number of fused-ring (bicyclic) bond motifs is 1. The zero-order chi connectivity index (χ0) is 12.1. The number of carbonyl (C=O) groups excluding carboxylic acids is 1. The number of aryl methyl sites for hydroxylation is 1. The quantitative estimate of drug-likeness (QED) is 0.821. The molecule has 1 aliphatic carbocycles. The van der Waals surface area contributed by atoms with Crippen molar-refractivity contribution in [2.24, 2.45) is 0 Å². The first-order valence-corrected chi connectivity index (χ1v) is 6.36. The molecule has 3 nitrogen and oxygen atoms in total. The van der Waals surface area contributed by atoms with Gasteiger partial charge in [0, 0.05) is 6.04 Å². The van der Waals surface area contributed by atoms with Crippen LogP contribution in [0.5, 0.6) is 0 Å². The van der Waals surface area contributed by atoms with Gasteiger partial charge in [-0.15, -0.1) is 0 Å². The molecule has 92 valence electrons. The molecule has 0 spiro atoms. The van der Waals surface area contributed by atoms with E-state index in [-0.39, 0.29) is 5.91 Å². The third kappa shape index (κ3) is 3.30. The van der Waals surface area contributed by atoms with Gasteiger partial charge in [-0.2, -0.15) is 0 Å². The first-order chi connectivity index (χ1) is 8.29. The van der Waals surface area contributed by atoms with E-state index < -0.39 is 0 Å². The molecule has 0 bridgehead atoms. The van der Waals surface area contributed by atoms with E-state index >= 15 is 0 Å². The molecule has 1 aromatic rings. The number of rotatable bonds is 4. The predicted octanol–water partition coefficient (Wildman–Crippen LogP) is 1.27. The molecule has 1 aliphatic rings. The first-order valence-electron chi connectivity index (χ1n) is 6.36. The van der Waals surface area contributed by atoms with Crippen LogP contribution in [0.15, 0.2) is 24.3 Å². The number of hydrogen-bond donors (Lipinski definition) is 2. The lowest BCUT2D eigenvalue weighted by Gasteiger charge is -2.25. The van der Waals surface area contributed by atoms with Gasteiger partial charge in [-0.05, 0) is 36.9 Å². The normalized spacial score (nSPS) is 18.5. The highest BCUT2D eigenvalue weighted by Crippen LogP contribution is 2.20. The van der Waals surface area contributed by atoms with Crippen LogP contribution in [0.4, 0.5) is 0 Å². The van der Waals surface area contributed by atoms with Gasteiger partial charge >= 0.3 is 0 Å². The van der Waals surface area contributed by atoms with Gasteiger partial charge in [-0.25, -0.2) is 0 Å². The fourth-order valence-corrected chi connectivity index (χ4v) is 2.34. The predicted molar refractivity (Wildman–Crippen MR) is 68.9 cm³/mol. The first kappa shape index (κ1) is 12.1. The van der Waals surface area contributed by atoms with Crippen molar-refractivity contribution < 1.29 is 4.79 Å². The summed E-state index contributed by atoms with van der Waals surface area (Å²) in [7, 11) is 0. The summed E-state index contributed by atoms with van der Waals surface area (Å²) in [5, 5.41) is 6.14. The Bertz CT molecular complexity index is 390. The van der Waals surface area contributed by atoms with E-state index in [4.69, 9.17) is 0 Å². The van der Waals surface area contributed by atoms with Gasteiger partial charge in [0.15, 0.2) is 0 Å². The number of nitrogens with one attached hydrogen (secondary N) is 2. The Hall–Kier alpha value is -1.35. The lowest BCUT2D eigenvalue weighted by Crippen LogP contribution is -2.43. The molecule has 0 saturated carbocycles. The Morgan fingerprint density at radius 1 is 1.35 bits per heavy atom. The Balaban J connectivity index is 1.88. The van der Waals surface area contributed by atoms with E-state index in [0.717, 1.165) is 25.8 Å². The van der Waals surface area contributed by atoms with Gasteiger partial charge in [0.05, 0.1) is 6.54 Å². The Labute approximate surface area is 103 Å². The van der Waals surface area contributed by atoms with Gasteiger partial charge in [-0.1, -0.05) is 31.2 Å². The van der Waals surface area contributed by atoms with E-state index in [2.05, 4.69) is 34.9 Å². The summed E-state index contributed by atoms with van der Waals surface area (Å²) in [4.78, 5) is 11.6. The minimum Gasteiger partial charge on any atom is -0.352 e. The van der Waals surface area contributed by atoms with Crippen LogP contribution in [0.1, 0.15) is 24.5 Å². The van der Waals surface area contributed by atoms with Crippen LogP contribution in [0, 0.1) is 0 Å². The van der Waals surface area contributed by atoms with E-state index in [9.17, 15) is 4.79 Å². The Morgan fingerprint density at radius 3 is 2.88 bits per heavy atom. The number of hydrogen-bond acceptors (Lipinski definition) is 2. The molecule has 0 fully saturated rings. The average Bonchev–Trinajstić information content (AvgIpc) is 2.36. The van der Waals surface area contributed by atoms with Gasteiger partial charge in [0.25, 0.3) is 0 Å². The molecule has 2 rings (SSSR count). The third-order valence-corrected chi connectivity index (χ3v) is 3.25. The van der Waals surface area contributed by atoms with Crippen LogP contribution in [0.25, 0.3) is 0 Å². The summed E-state index contributed by atoms with van der Waals surface area (Å²) < 4.78 is 0. The van der Waals surface area contributed by atoms with Crippen molar-refractivity contribution >= 4 is 5.91 Å². The SMILES string of the molecule is CCNCC(=O)NC1CCc2ccccc2C1. The summed E-state index contributed by atoms with van der Waals surface area (Å²) in [5.41, 5.74) is 2.82. The number of likely N-dealkylation sites (N-methyl/N-ethyl adjacent to an activating group) is 1. The van der Waals surface area contributed by atoms with Crippen molar-refractivity contribution in [2.75, 3.05) is 13.1 Å². The number of benzene rings is 1. The second-order valence-corrected chi connectivity index (χ2v) is 4.56. The molecule has 17 heavy (non-hydrogen) atoms. The van der Waals surface area contributed by atoms with Crippen LogP contribution in [0.3, 0.4) is 0 Å². The molecule has 0 aliphatic heterocycles. The highest BCUT2D eigenvalue weighted by atomic mass is 16.1. The molecule has 0 heterocycles. The van der Waals surface area contributed by atoms with Crippen LogP contribution in [-0.4, -0.2) is 25.0 Å². The number of amides is 1. The average molecular weight is 232 g/mol. The Morgan fingerprint density at radius 2 is 2.12 bits per heavy atom. The lowest BCUT2D eigenvalue weighted by atomic mass is 9.88. The lowest BCUT2D eigenvalue weighted by molar-refractivity contribution is -0.121. The van der Waals surface area contributed by atoms with E-state index in [0.29, 0.717) is 12.6 Å². The molecule has 1 aromatic carbocycles. The van der Waals surface area contributed by atoms with Gasteiger partial charge in [0.1, 0.15) is 0 Å². The smallest absolute Gasteiger partial charge is 0.234 e. The van der Waals surface area contributed by atoms with Crippen LogP contribution >= 0.6 is 0 Å². The maximum atomic E-state index is 11.6.